The van der Waals surface area contributed by atoms with Gasteiger partial charge in [0.05, 0.1) is 11.8 Å². The summed E-state index contributed by atoms with van der Waals surface area (Å²) >= 11 is 0. The molecule has 0 unspecified atom stereocenters. The highest BCUT2D eigenvalue weighted by atomic mass is 32.2. The van der Waals surface area contributed by atoms with E-state index in [1.807, 2.05) is 74.9 Å². The Hall–Kier alpha value is -3.85. The second kappa shape index (κ2) is 14.2. The van der Waals surface area contributed by atoms with E-state index < -0.39 is 21.8 Å². The van der Waals surface area contributed by atoms with Crippen molar-refractivity contribution in [2.45, 2.75) is 53.5 Å². The summed E-state index contributed by atoms with van der Waals surface area (Å²) in [6.45, 7) is 8.18. The van der Waals surface area contributed by atoms with Crippen molar-refractivity contribution in [2.24, 2.45) is 0 Å². The third-order valence-corrected chi connectivity index (χ3v) is 6.06. The maximum Gasteiger partial charge on any atom is 0.255 e. The van der Waals surface area contributed by atoms with Crippen LogP contribution in [0.15, 0.2) is 60.7 Å². The van der Waals surface area contributed by atoms with Crippen LogP contribution >= 0.6 is 0 Å². The van der Waals surface area contributed by atoms with Crippen molar-refractivity contribution >= 4 is 21.8 Å². The highest BCUT2D eigenvalue weighted by molar-refractivity contribution is 7.89. The molecule has 0 aliphatic rings. The Bertz CT molecular complexity index is 1350. The summed E-state index contributed by atoms with van der Waals surface area (Å²) in [6, 6.07) is 17.8. The van der Waals surface area contributed by atoms with Gasteiger partial charge in [-0.2, -0.15) is 0 Å². The zero-order chi connectivity index (χ0) is 28.3. The first kappa shape index (κ1) is 30.4. The van der Waals surface area contributed by atoms with Crippen molar-refractivity contribution in [2.75, 3.05) is 6.26 Å². The fourth-order valence-corrected chi connectivity index (χ4v) is 4.26. The number of aromatic hydroxyl groups is 1. The van der Waals surface area contributed by atoms with Crippen LogP contribution in [0.4, 0.5) is 0 Å². The van der Waals surface area contributed by atoms with E-state index in [9.17, 15) is 23.1 Å². The molecule has 0 aromatic heterocycles. The zero-order valence-corrected chi connectivity index (χ0v) is 23.3. The number of aryl methyl sites for hydroxylation is 3. The number of hydrogen-bond donors (Lipinski definition) is 3. The van der Waals surface area contributed by atoms with Gasteiger partial charge in [0.15, 0.2) is 0 Å². The number of carbonyl (C=O) groups is 2. The number of sulfonamides is 1. The summed E-state index contributed by atoms with van der Waals surface area (Å²) in [6.07, 6.45) is 2.01. The fraction of sp³-hybridized carbons (Fsp3) is 0.310. The normalized spacial score (nSPS) is 10.7. The number of hydrogen-bond acceptors (Lipinski definition) is 6. The van der Waals surface area contributed by atoms with Crippen molar-refractivity contribution in [3.8, 4) is 17.2 Å². The lowest BCUT2D eigenvalue weighted by molar-refractivity contribution is -0.119. The molecule has 38 heavy (non-hydrogen) atoms. The Labute approximate surface area is 225 Å². The molecule has 0 radical (unpaired) electrons. The largest absolute Gasteiger partial charge is 0.507 e. The van der Waals surface area contributed by atoms with E-state index in [0.717, 1.165) is 28.5 Å². The van der Waals surface area contributed by atoms with E-state index in [4.69, 9.17) is 4.74 Å². The molecular formula is C29H36N2O6S. The van der Waals surface area contributed by atoms with Gasteiger partial charge >= 0.3 is 0 Å². The molecule has 0 spiro atoms. The Morgan fingerprint density at radius 2 is 1.66 bits per heavy atom. The first-order valence-electron chi connectivity index (χ1n) is 12.5. The fourth-order valence-electron chi connectivity index (χ4n) is 3.75. The molecule has 3 N–H and O–H groups in total. The van der Waals surface area contributed by atoms with Crippen molar-refractivity contribution < 1.29 is 27.9 Å². The predicted octanol–water partition coefficient (Wildman–Crippen LogP) is 5.02. The number of phenolic OH excluding ortho intramolecular Hbond substituents is 1. The van der Waals surface area contributed by atoms with E-state index in [0.29, 0.717) is 30.9 Å². The van der Waals surface area contributed by atoms with Crippen LogP contribution in [0.5, 0.6) is 17.2 Å². The molecule has 0 saturated carbocycles. The Balaban J connectivity index is 0.00000247. The van der Waals surface area contributed by atoms with E-state index >= 15 is 0 Å². The average Bonchev–Trinajstić information content (AvgIpc) is 2.89. The zero-order valence-electron chi connectivity index (χ0n) is 22.5. The maximum absolute atomic E-state index is 12.7. The summed E-state index contributed by atoms with van der Waals surface area (Å²) in [5.41, 5.74) is 3.65. The molecule has 3 rings (SSSR count). The van der Waals surface area contributed by atoms with Crippen LogP contribution in [0, 0.1) is 6.92 Å². The smallest absolute Gasteiger partial charge is 0.255 e. The van der Waals surface area contributed by atoms with Crippen LogP contribution in [-0.2, 0) is 34.2 Å². The van der Waals surface area contributed by atoms with Gasteiger partial charge in [0, 0.05) is 13.0 Å². The Morgan fingerprint density at radius 1 is 0.974 bits per heavy atom. The molecule has 0 heterocycles. The Morgan fingerprint density at radius 3 is 2.29 bits per heavy atom. The summed E-state index contributed by atoms with van der Waals surface area (Å²) < 4.78 is 30.6. The van der Waals surface area contributed by atoms with Crippen molar-refractivity contribution in [3.05, 3.63) is 88.5 Å². The quantitative estimate of drug-likeness (QED) is 0.332. The minimum atomic E-state index is -3.59. The number of benzene rings is 3. The first-order chi connectivity index (χ1) is 18.1. The molecule has 204 valence electrons. The number of ether oxygens (including phenoxy) is 1. The molecule has 3 aromatic rings. The highest BCUT2D eigenvalue weighted by Crippen LogP contribution is 2.33. The minimum absolute atomic E-state index is 0.0370. The van der Waals surface area contributed by atoms with Gasteiger partial charge in [-0.1, -0.05) is 63.2 Å². The second-order valence-electron chi connectivity index (χ2n) is 8.50. The third kappa shape index (κ3) is 9.23. The van der Waals surface area contributed by atoms with Gasteiger partial charge < -0.3 is 15.2 Å². The molecule has 9 heteroatoms. The molecule has 8 nitrogen and oxygen atoms in total. The molecule has 0 aliphatic heterocycles. The first-order valence-corrected chi connectivity index (χ1v) is 14.4. The van der Waals surface area contributed by atoms with E-state index in [1.54, 1.807) is 6.07 Å². The van der Waals surface area contributed by atoms with Gasteiger partial charge in [0.25, 0.3) is 5.91 Å². The van der Waals surface area contributed by atoms with Gasteiger partial charge in [0.1, 0.15) is 17.2 Å². The topological polar surface area (TPSA) is 122 Å². The highest BCUT2D eigenvalue weighted by Gasteiger charge is 2.16. The standard InChI is InChI=1S/C27H30N2O6S.C2H6/c1-4-21-15-20(10-13-25(31)29-36(3,33)34)14-18(2)26(21)35-22-11-12-24(30)23(16-22)27(32)28-17-19-8-6-5-7-9-19;1-2/h5-9,11-12,14-16,30H,4,10,13,17H2,1-3H3,(H,28,32)(H,29,31);1-2H3. The van der Waals surface area contributed by atoms with Crippen LogP contribution in [0.1, 0.15) is 59.8 Å². The van der Waals surface area contributed by atoms with Crippen molar-refractivity contribution in [1.29, 1.82) is 0 Å². The van der Waals surface area contributed by atoms with E-state index in [2.05, 4.69) is 5.32 Å². The molecule has 0 atom stereocenters. The number of nitrogens with one attached hydrogen (secondary N) is 2. The predicted molar refractivity (Wildman–Crippen MR) is 149 cm³/mol. The SMILES string of the molecule is CC.CCc1cc(CCC(=O)NS(C)(=O)=O)cc(C)c1Oc1ccc(O)c(C(=O)NCc2ccccc2)c1. The third-order valence-electron chi connectivity index (χ3n) is 5.46. The number of rotatable bonds is 10. The molecule has 3 aromatic carbocycles. The number of amides is 2. The van der Waals surface area contributed by atoms with Gasteiger partial charge in [-0.15, -0.1) is 0 Å². The summed E-state index contributed by atoms with van der Waals surface area (Å²) in [7, 11) is -3.59. The molecule has 2 amide bonds. The molecule has 0 aliphatic carbocycles. The van der Waals surface area contributed by atoms with Gasteiger partial charge in [0.2, 0.25) is 15.9 Å². The Kier molecular flexibility index (Phi) is 11.3. The number of phenols is 1. The lowest BCUT2D eigenvalue weighted by Crippen LogP contribution is -2.29. The summed E-state index contributed by atoms with van der Waals surface area (Å²) in [5.74, 6) is -0.102. The summed E-state index contributed by atoms with van der Waals surface area (Å²) in [5, 5.41) is 13.0. The molecule has 0 fully saturated rings. The van der Waals surface area contributed by atoms with Crippen LogP contribution < -0.4 is 14.8 Å². The average molecular weight is 541 g/mol. The van der Waals surface area contributed by atoms with Crippen LogP contribution in [0.2, 0.25) is 0 Å². The van der Waals surface area contributed by atoms with Gasteiger partial charge in [-0.3, -0.25) is 14.3 Å². The van der Waals surface area contributed by atoms with E-state index in [1.165, 1.54) is 12.1 Å². The van der Waals surface area contributed by atoms with Crippen molar-refractivity contribution in [1.82, 2.24) is 10.0 Å². The lowest BCUT2D eigenvalue weighted by atomic mass is 10.00. The molecule has 0 bridgehead atoms. The number of carbonyl (C=O) groups excluding carboxylic acids is 2. The van der Waals surface area contributed by atoms with Crippen molar-refractivity contribution in [3.63, 3.8) is 0 Å². The monoisotopic (exact) mass is 540 g/mol. The maximum atomic E-state index is 12.7. The lowest BCUT2D eigenvalue weighted by Gasteiger charge is -2.16. The van der Waals surface area contributed by atoms with Crippen LogP contribution in [0.3, 0.4) is 0 Å². The second-order valence-corrected chi connectivity index (χ2v) is 10.2. The molecule has 0 saturated heterocycles. The minimum Gasteiger partial charge on any atom is -0.507 e. The van der Waals surface area contributed by atoms with Crippen LogP contribution in [-0.4, -0.2) is 31.6 Å². The van der Waals surface area contributed by atoms with Crippen LogP contribution in [0.25, 0.3) is 0 Å². The summed E-state index contributed by atoms with van der Waals surface area (Å²) in [4.78, 5) is 24.5. The van der Waals surface area contributed by atoms with Gasteiger partial charge in [-0.05, 0) is 60.2 Å². The molecular weight excluding hydrogens is 504 g/mol. The van der Waals surface area contributed by atoms with Gasteiger partial charge in [-0.25, -0.2) is 8.42 Å². The van der Waals surface area contributed by atoms with E-state index in [-0.39, 0.29) is 17.7 Å².